The van der Waals surface area contributed by atoms with Crippen molar-refractivity contribution < 1.29 is 23.4 Å². The van der Waals surface area contributed by atoms with Crippen LogP contribution in [0.2, 0.25) is 0 Å². The Balaban J connectivity index is 3.39. The zero-order valence-corrected chi connectivity index (χ0v) is 18.2. The second-order valence-electron chi connectivity index (χ2n) is 5.86. The number of aromatic nitrogens is 2. The number of carbonyl (C=O) groups excluding carboxylic acids is 1. The molecule has 168 valence electrons. The minimum absolute atomic E-state index is 0.0205. The lowest BCUT2D eigenvalue weighted by Crippen LogP contribution is -2.34. The number of nitro groups is 1. The van der Waals surface area contributed by atoms with Crippen LogP contribution in [0, 0.1) is 10.1 Å². The summed E-state index contributed by atoms with van der Waals surface area (Å²) in [7, 11) is -1.70. The minimum Gasteiger partial charge on any atom is -0.490 e. The predicted octanol–water partition coefficient (Wildman–Crippen LogP) is 2.89. The summed E-state index contributed by atoms with van der Waals surface area (Å²) in [6, 6.07) is 0. The smallest absolute Gasteiger partial charge is 0.415 e. The van der Waals surface area contributed by atoms with Crippen LogP contribution in [0.1, 0.15) is 13.3 Å². The molecule has 0 fully saturated rings. The first-order valence-corrected chi connectivity index (χ1v) is 10.6. The third kappa shape index (κ3) is 7.33. The number of allylic oxidation sites excluding steroid dienone is 2. The van der Waals surface area contributed by atoms with E-state index < -0.39 is 39.1 Å². The SMILES string of the molecule is C=CCOC(=C)/C=C(\C=C)CCN(C(=O)OCC)c1nc(S(C)=O)nc(N)c1[N+](=O)[O-]. The van der Waals surface area contributed by atoms with Crippen molar-refractivity contribution in [3.05, 3.63) is 59.4 Å². The highest BCUT2D eigenvalue weighted by atomic mass is 32.2. The van der Waals surface area contributed by atoms with Crippen LogP contribution in [0.4, 0.5) is 22.1 Å². The van der Waals surface area contributed by atoms with Crippen LogP contribution in [-0.4, -0.2) is 51.2 Å². The summed E-state index contributed by atoms with van der Waals surface area (Å²) in [6.07, 6.45) is 5.29. The standard InChI is InChI=1S/C19H25N5O6S/c1-6-11-30-13(4)12-14(7-2)9-10-23(19(25)29-8-3)17-15(24(26)27)16(20)21-18(22-17)31(5)28/h6-7,12H,1-2,4,8-11H2,3,5H3,(H2,20,21,22)/b14-12+. The molecule has 1 heterocycles. The lowest BCUT2D eigenvalue weighted by Gasteiger charge is -2.21. The fourth-order valence-electron chi connectivity index (χ4n) is 2.30. The Bertz CT molecular complexity index is 931. The summed E-state index contributed by atoms with van der Waals surface area (Å²) in [6.45, 7) is 12.8. The summed E-state index contributed by atoms with van der Waals surface area (Å²) in [5, 5.41) is 11.3. The molecule has 0 bridgehead atoms. The van der Waals surface area contributed by atoms with Gasteiger partial charge >= 0.3 is 11.8 Å². The van der Waals surface area contributed by atoms with Crippen molar-refractivity contribution in [3.63, 3.8) is 0 Å². The molecule has 0 saturated heterocycles. The highest BCUT2D eigenvalue weighted by Gasteiger charge is 2.32. The van der Waals surface area contributed by atoms with Crippen molar-refractivity contribution in [3.8, 4) is 0 Å². The molecule has 0 aliphatic rings. The molecule has 1 unspecified atom stereocenters. The van der Waals surface area contributed by atoms with E-state index in [1.807, 2.05) is 0 Å². The van der Waals surface area contributed by atoms with Gasteiger partial charge in [-0.15, -0.1) is 0 Å². The fourth-order valence-corrected chi connectivity index (χ4v) is 2.75. The van der Waals surface area contributed by atoms with Gasteiger partial charge in [0.05, 0.1) is 22.3 Å². The largest absolute Gasteiger partial charge is 0.490 e. The molecule has 0 saturated carbocycles. The number of hydrogen-bond donors (Lipinski definition) is 1. The van der Waals surface area contributed by atoms with E-state index in [1.54, 1.807) is 19.1 Å². The third-order valence-corrected chi connectivity index (χ3v) is 4.37. The van der Waals surface area contributed by atoms with Crippen LogP contribution >= 0.6 is 0 Å². The zero-order chi connectivity index (χ0) is 23.6. The van der Waals surface area contributed by atoms with E-state index in [2.05, 4.69) is 29.7 Å². The summed E-state index contributed by atoms with van der Waals surface area (Å²) < 4.78 is 22.2. The van der Waals surface area contributed by atoms with Crippen molar-refractivity contribution in [1.29, 1.82) is 0 Å². The number of rotatable bonds is 12. The monoisotopic (exact) mass is 451 g/mol. The third-order valence-electron chi connectivity index (χ3n) is 3.67. The van der Waals surface area contributed by atoms with Gasteiger partial charge in [-0.05, 0) is 25.0 Å². The van der Waals surface area contributed by atoms with Gasteiger partial charge in [-0.2, -0.15) is 9.97 Å². The Labute approximate surface area is 182 Å². The molecule has 1 amide bonds. The van der Waals surface area contributed by atoms with Gasteiger partial charge in [0.1, 0.15) is 12.4 Å². The van der Waals surface area contributed by atoms with Crippen molar-refractivity contribution in [1.82, 2.24) is 9.97 Å². The van der Waals surface area contributed by atoms with Crippen LogP contribution in [0.15, 0.2) is 54.5 Å². The second kappa shape index (κ2) is 12.2. The molecule has 1 rings (SSSR count). The highest BCUT2D eigenvalue weighted by Crippen LogP contribution is 2.32. The average molecular weight is 452 g/mol. The summed E-state index contributed by atoms with van der Waals surface area (Å²) >= 11 is 0. The van der Waals surface area contributed by atoms with Crippen molar-refractivity contribution >= 4 is 34.2 Å². The zero-order valence-electron chi connectivity index (χ0n) is 17.4. The quantitative estimate of drug-likeness (QED) is 0.126. The van der Waals surface area contributed by atoms with Gasteiger partial charge < -0.3 is 15.2 Å². The second-order valence-corrected chi connectivity index (χ2v) is 7.14. The molecule has 0 spiro atoms. The van der Waals surface area contributed by atoms with Crippen LogP contribution in [0.25, 0.3) is 0 Å². The maximum absolute atomic E-state index is 12.6. The van der Waals surface area contributed by atoms with Gasteiger partial charge in [-0.3, -0.25) is 19.2 Å². The lowest BCUT2D eigenvalue weighted by atomic mass is 10.1. The fraction of sp³-hybridized carbons (Fsp3) is 0.316. The van der Waals surface area contributed by atoms with E-state index in [-0.39, 0.29) is 31.3 Å². The Kier molecular flexibility index (Phi) is 10.1. The molecule has 0 aliphatic carbocycles. The first-order chi connectivity index (χ1) is 14.7. The van der Waals surface area contributed by atoms with Gasteiger partial charge in [-0.25, -0.2) is 4.79 Å². The number of nitrogen functional groups attached to an aromatic ring is 1. The number of nitrogens with two attached hydrogens (primary N) is 1. The number of hydrogen-bond acceptors (Lipinski definition) is 9. The van der Waals surface area contributed by atoms with Crippen LogP contribution in [-0.2, 0) is 20.3 Å². The molecule has 12 heteroatoms. The molecule has 2 N–H and O–H groups in total. The van der Waals surface area contributed by atoms with E-state index in [0.29, 0.717) is 11.3 Å². The van der Waals surface area contributed by atoms with E-state index >= 15 is 0 Å². The normalized spacial score (nSPS) is 11.9. The van der Waals surface area contributed by atoms with Crippen molar-refractivity contribution in [2.24, 2.45) is 0 Å². The van der Waals surface area contributed by atoms with Gasteiger partial charge in [0, 0.05) is 12.8 Å². The first kappa shape index (κ1) is 25.5. The van der Waals surface area contributed by atoms with Gasteiger partial charge in [0.15, 0.2) is 0 Å². The Morgan fingerprint density at radius 3 is 2.55 bits per heavy atom. The number of carbonyl (C=O) groups is 1. The molecule has 1 aromatic heterocycles. The van der Waals surface area contributed by atoms with Gasteiger partial charge in [0.25, 0.3) is 0 Å². The Morgan fingerprint density at radius 1 is 1.35 bits per heavy atom. The predicted molar refractivity (Wildman–Crippen MR) is 118 cm³/mol. The molecular weight excluding hydrogens is 426 g/mol. The van der Waals surface area contributed by atoms with Crippen molar-refractivity contribution in [2.45, 2.75) is 18.5 Å². The number of anilines is 2. The topological polar surface area (TPSA) is 151 Å². The molecule has 0 aliphatic heterocycles. The van der Waals surface area contributed by atoms with Crippen LogP contribution in [0.3, 0.4) is 0 Å². The summed E-state index contributed by atoms with van der Waals surface area (Å²) in [5.41, 5.74) is 5.64. The van der Waals surface area contributed by atoms with Crippen LogP contribution in [0.5, 0.6) is 0 Å². The molecule has 31 heavy (non-hydrogen) atoms. The molecular formula is C19H25N5O6S. The highest BCUT2D eigenvalue weighted by molar-refractivity contribution is 7.84. The number of ether oxygens (including phenoxy) is 2. The van der Waals surface area contributed by atoms with E-state index in [9.17, 15) is 19.1 Å². The minimum atomic E-state index is -1.70. The lowest BCUT2D eigenvalue weighted by molar-refractivity contribution is -0.383. The Morgan fingerprint density at radius 2 is 2.03 bits per heavy atom. The summed E-state index contributed by atoms with van der Waals surface area (Å²) in [5.74, 6) is -0.579. The van der Waals surface area contributed by atoms with Crippen LogP contribution < -0.4 is 10.6 Å². The van der Waals surface area contributed by atoms with E-state index in [0.717, 1.165) is 4.90 Å². The summed E-state index contributed by atoms with van der Waals surface area (Å²) in [4.78, 5) is 32.0. The molecule has 0 aromatic carbocycles. The van der Waals surface area contributed by atoms with Gasteiger partial charge in [-0.1, -0.05) is 31.9 Å². The maximum Gasteiger partial charge on any atom is 0.415 e. The van der Waals surface area contributed by atoms with E-state index in [1.165, 1.54) is 12.3 Å². The van der Waals surface area contributed by atoms with Gasteiger partial charge in [0.2, 0.25) is 16.8 Å². The number of amides is 1. The number of nitrogens with zero attached hydrogens (tertiary/aromatic N) is 4. The Hall–Kier alpha value is -3.54. The first-order valence-electron chi connectivity index (χ1n) is 9.01. The molecule has 1 aromatic rings. The van der Waals surface area contributed by atoms with E-state index in [4.69, 9.17) is 15.2 Å². The average Bonchev–Trinajstić information content (AvgIpc) is 2.70. The van der Waals surface area contributed by atoms with Crippen molar-refractivity contribution in [2.75, 3.05) is 36.6 Å². The molecule has 1 atom stereocenters. The maximum atomic E-state index is 12.6. The molecule has 0 radical (unpaired) electrons. The molecule has 11 nitrogen and oxygen atoms in total.